The number of likely N-dealkylation sites (N-methyl/N-ethyl adjacent to an activating group) is 1. The van der Waals surface area contributed by atoms with Crippen molar-refractivity contribution in [2.45, 2.75) is 32.6 Å². The SMILES string of the molecule is CC(CC(=O)NCCC(=O)N1CCN(C)CC1)C1CCCNC1. The van der Waals surface area contributed by atoms with Gasteiger partial charge in [0.1, 0.15) is 0 Å². The lowest BCUT2D eigenvalue weighted by Crippen LogP contribution is -2.47. The van der Waals surface area contributed by atoms with Gasteiger partial charge in [-0.2, -0.15) is 0 Å². The van der Waals surface area contributed by atoms with Crippen LogP contribution in [-0.2, 0) is 9.59 Å². The maximum Gasteiger partial charge on any atom is 0.224 e. The van der Waals surface area contributed by atoms with E-state index in [9.17, 15) is 9.59 Å². The summed E-state index contributed by atoms with van der Waals surface area (Å²) in [5.74, 6) is 1.23. The van der Waals surface area contributed by atoms with Crippen molar-refractivity contribution in [3.8, 4) is 0 Å². The summed E-state index contributed by atoms with van der Waals surface area (Å²) < 4.78 is 0. The van der Waals surface area contributed by atoms with Crippen LogP contribution in [-0.4, -0.2) is 74.5 Å². The Morgan fingerprint density at radius 3 is 2.65 bits per heavy atom. The van der Waals surface area contributed by atoms with Gasteiger partial charge in [0, 0.05) is 45.6 Å². The molecule has 0 aliphatic carbocycles. The molecule has 2 atom stereocenters. The topological polar surface area (TPSA) is 64.7 Å². The van der Waals surface area contributed by atoms with Crippen molar-refractivity contribution in [2.75, 3.05) is 52.9 Å². The fraction of sp³-hybridized carbons (Fsp3) is 0.882. The van der Waals surface area contributed by atoms with Crippen molar-refractivity contribution in [3.63, 3.8) is 0 Å². The monoisotopic (exact) mass is 324 g/mol. The molecular formula is C17H32N4O2. The second-order valence-electron chi connectivity index (χ2n) is 7.07. The molecule has 0 radical (unpaired) electrons. The highest BCUT2D eigenvalue weighted by Gasteiger charge is 2.22. The lowest BCUT2D eigenvalue weighted by atomic mass is 9.85. The molecule has 2 aliphatic heterocycles. The van der Waals surface area contributed by atoms with Gasteiger partial charge in [0.2, 0.25) is 11.8 Å². The second kappa shape index (κ2) is 9.23. The predicted molar refractivity (Wildman–Crippen MR) is 91.1 cm³/mol. The van der Waals surface area contributed by atoms with Crippen molar-refractivity contribution in [3.05, 3.63) is 0 Å². The maximum atomic E-state index is 12.1. The molecule has 2 N–H and O–H groups in total. The zero-order chi connectivity index (χ0) is 16.7. The van der Waals surface area contributed by atoms with E-state index >= 15 is 0 Å². The summed E-state index contributed by atoms with van der Waals surface area (Å²) in [5, 5.41) is 6.32. The molecule has 0 spiro atoms. The molecule has 2 unspecified atom stereocenters. The second-order valence-corrected chi connectivity index (χ2v) is 7.07. The standard InChI is InChI=1S/C17H32N4O2/c1-14(15-4-3-6-18-13-15)12-16(22)19-7-5-17(23)21-10-8-20(2)9-11-21/h14-15,18H,3-13H2,1-2H3,(H,19,22). The van der Waals surface area contributed by atoms with Crippen molar-refractivity contribution < 1.29 is 9.59 Å². The van der Waals surface area contributed by atoms with E-state index in [0.29, 0.717) is 31.2 Å². The first kappa shape index (κ1) is 18.2. The third-order valence-electron chi connectivity index (χ3n) is 5.16. The Bertz CT molecular complexity index is 388. The summed E-state index contributed by atoms with van der Waals surface area (Å²) in [5.41, 5.74) is 0. The summed E-state index contributed by atoms with van der Waals surface area (Å²) in [7, 11) is 2.07. The number of amides is 2. The first-order valence-corrected chi connectivity index (χ1v) is 9.00. The van der Waals surface area contributed by atoms with Crippen molar-refractivity contribution >= 4 is 11.8 Å². The summed E-state index contributed by atoms with van der Waals surface area (Å²) >= 11 is 0. The van der Waals surface area contributed by atoms with Crippen LogP contribution < -0.4 is 10.6 Å². The van der Waals surface area contributed by atoms with Gasteiger partial charge in [-0.1, -0.05) is 6.92 Å². The number of nitrogens with zero attached hydrogens (tertiary/aromatic N) is 2. The molecule has 2 saturated heterocycles. The van der Waals surface area contributed by atoms with Crippen LogP contribution in [0, 0.1) is 11.8 Å². The van der Waals surface area contributed by atoms with E-state index in [4.69, 9.17) is 0 Å². The van der Waals surface area contributed by atoms with Gasteiger partial charge >= 0.3 is 0 Å². The van der Waals surface area contributed by atoms with Crippen molar-refractivity contribution in [2.24, 2.45) is 11.8 Å². The van der Waals surface area contributed by atoms with Gasteiger partial charge < -0.3 is 20.4 Å². The molecule has 6 heteroatoms. The van der Waals surface area contributed by atoms with E-state index in [0.717, 1.165) is 39.3 Å². The summed E-state index contributed by atoms with van der Waals surface area (Å²) in [6.45, 7) is 8.21. The van der Waals surface area contributed by atoms with Gasteiger partial charge in [-0.15, -0.1) is 0 Å². The molecule has 0 aromatic heterocycles. The van der Waals surface area contributed by atoms with E-state index in [1.807, 2.05) is 4.90 Å². The van der Waals surface area contributed by atoms with Gasteiger partial charge in [0.25, 0.3) is 0 Å². The lowest BCUT2D eigenvalue weighted by molar-refractivity contribution is -0.132. The highest BCUT2D eigenvalue weighted by molar-refractivity contribution is 5.79. The Hall–Kier alpha value is -1.14. The predicted octanol–water partition coefficient (Wildman–Crippen LogP) is 0.293. The Morgan fingerprint density at radius 1 is 1.26 bits per heavy atom. The zero-order valence-electron chi connectivity index (χ0n) is 14.6. The summed E-state index contributed by atoms with van der Waals surface area (Å²) in [6, 6.07) is 0. The highest BCUT2D eigenvalue weighted by atomic mass is 16.2. The number of carbonyl (C=O) groups excluding carboxylic acids is 2. The quantitative estimate of drug-likeness (QED) is 0.737. The minimum Gasteiger partial charge on any atom is -0.356 e. The Kier molecular flexibility index (Phi) is 7.30. The van der Waals surface area contributed by atoms with Gasteiger partial charge in [-0.25, -0.2) is 0 Å². The fourth-order valence-electron chi connectivity index (χ4n) is 3.42. The Morgan fingerprint density at radius 2 is 2.00 bits per heavy atom. The van der Waals surface area contributed by atoms with Gasteiger partial charge in [-0.3, -0.25) is 9.59 Å². The van der Waals surface area contributed by atoms with Crippen LogP contribution in [0.5, 0.6) is 0 Å². The minimum absolute atomic E-state index is 0.0780. The average molecular weight is 324 g/mol. The highest BCUT2D eigenvalue weighted by Crippen LogP contribution is 2.22. The molecule has 2 rings (SSSR count). The van der Waals surface area contributed by atoms with Crippen molar-refractivity contribution in [1.82, 2.24) is 20.4 Å². The molecule has 0 bridgehead atoms. The number of piperidine rings is 1. The molecule has 6 nitrogen and oxygen atoms in total. The zero-order valence-corrected chi connectivity index (χ0v) is 14.6. The third-order valence-corrected chi connectivity index (χ3v) is 5.16. The number of hydrogen-bond acceptors (Lipinski definition) is 4. The largest absolute Gasteiger partial charge is 0.356 e. The van der Waals surface area contributed by atoms with E-state index in [1.54, 1.807) is 0 Å². The molecule has 0 saturated carbocycles. The molecule has 132 valence electrons. The molecule has 2 aliphatic rings. The average Bonchev–Trinajstić information content (AvgIpc) is 2.56. The fourth-order valence-corrected chi connectivity index (χ4v) is 3.42. The number of nitrogens with one attached hydrogen (secondary N) is 2. The maximum absolute atomic E-state index is 12.1. The van der Waals surface area contributed by atoms with E-state index in [1.165, 1.54) is 12.8 Å². The van der Waals surface area contributed by atoms with E-state index < -0.39 is 0 Å². The van der Waals surface area contributed by atoms with Crippen LogP contribution in [0.4, 0.5) is 0 Å². The molecule has 23 heavy (non-hydrogen) atoms. The molecular weight excluding hydrogens is 292 g/mol. The number of carbonyl (C=O) groups is 2. The van der Waals surface area contributed by atoms with E-state index in [2.05, 4.69) is 29.5 Å². The summed E-state index contributed by atoms with van der Waals surface area (Å²) in [4.78, 5) is 28.3. The van der Waals surface area contributed by atoms with Crippen LogP contribution in [0.2, 0.25) is 0 Å². The van der Waals surface area contributed by atoms with Gasteiger partial charge in [0.15, 0.2) is 0 Å². The Balaban J connectivity index is 1.59. The first-order chi connectivity index (χ1) is 11.1. The normalized spacial score (nSPS) is 24.3. The van der Waals surface area contributed by atoms with Crippen LogP contribution >= 0.6 is 0 Å². The number of hydrogen-bond donors (Lipinski definition) is 2. The van der Waals surface area contributed by atoms with Gasteiger partial charge in [-0.05, 0) is 44.8 Å². The number of rotatable bonds is 6. The van der Waals surface area contributed by atoms with Gasteiger partial charge in [0.05, 0.1) is 0 Å². The molecule has 0 aromatic carbocycles. The van der Waals surface area contributed by atoms with Crippen LogP contribution in [0.1, 0.15) is 32.6 Å². The smallest absolute Gasteiger partial charge is 0.224 e. The first-order valence-electron chi connectivity index (χ1n) is 9.00. The summed E-state index contributed by atoms with van der Waals surface area (Å²) in [6.07, 6.45) is 3.39. The van der Waals surface area contributed by atoms with Crippen LogP contribution in [0.3, 0.4) is 0 Å². The molecule has 2 amide bonds. The number of piperazine rings is 1. The molecule has 2 fully saturated rings. The Labute approximate surface area is 140 Å². The van der Waals surface area contributed by atoms with Crippen molar-refractivity contribution in [1.29, 1.82) is 0 Å². The lowest BCUT2D eigenvalue weighted by Gasteiger charge is -2.32. The van der Waals surface area contributed by atoms with Crippen LogP contribution in [0.25, 0.3) is 0 Å². The molecule has 2 heterocycles. The third kappa shape index (κ3) is 6.11. The molecule has 0 aromatic rings. The van der Waals surface area contributed by atoms with E-state index in [-0.39, 0.29) is 11.8 Å². The van der Waals surface area contributed by atoms with Crippen LogP contribution in [0.15, 0.2) is 0 Å². The minimum atomic E-state index is 0.0780.